The first kappa shape index (κ1) is 19.9. The van der Waals surface area contributed by atoms with E-state index in [-0.39, 0.29) is 6.42 Å². The molecule has 0 N–H and O–H groups in total. The number of hydrogen-bond acceptors (Lipinski definition) is 4. The number of unbranched alkanes of at least 4 members (excludes halogenated alkanes) is 10. The van der Waals surface area contributed by atoms with Crippen LogP contribution in [-0.2, 0) is 19.1 Å². The molecule has 0 saturated heterocycles. The first-order chi connectivity index (χ1) is 10.2. The summed E-state index contributed by atoms with van der Waals surface area (Å²) in [6, 6.07) is 0. The van der Waals surface area contributed by atoms with Gasteiger partial charge < -0.3 is 9.47 Å². The quantitative estimate of drug-likeness (QED) is 0.271. The van der Waals surface area contributed by atoms with E-state index in [1.807, 2.05) is 0 Å². The van der Waals surface area contributed by atoms with E-state index in [2.05, 4.69) is 11.7 Å². The highest BCUT2D eigenvalue weighted by atomic mass is 16.5. The molecular weight excluding hydrogens is 268 g/mol. The molecule has 0 unspecified atom stereocenters. The Hall–Kier alpha value is -1.06. The van der Waals surface area contributed by atoms with E-state index in [4.69, 9.17) is 4.74 Å². The third kappa shape index (κ3) is 15.2. The zero-order valence-electron chi connectivity index (χ0n) is 13.8. The molecule has 0 amide bonds. The van der Waals surface area contributed by atoms with Crippen LogP contribution in [0.3, 0.4) is 0 Å². The first-order valence-electron chi connectivity index (χ1n) is 8.43. The highest BCUT2D eigenvalue weighted by molar-refractivity contribution is 5.91. The predicted molar refractivity (Wildman–Crippen MR) is 84.1 cm³/mol. The fourth-order valence-corrected chi connectivity index (χ4v) is 2.19. The lowest BCUT2D eigenvalue weighted by molar-refractivity contribution is -0.153. The molecule has 4 heteroatoms. The van der Waals surface area contributed by atoms with E-state index >= 15 is 0 Å². The normalized spacial score (nSPS) is 10.4. The maximum Gasteiger partial charge on any atom is 0.317 e. The van der Waals surface area contributed by atoms with Crippen molar-refractivity contribution in [2.45, 2.75) is 84.0 Å². The van der Waals surface area contributed by atoms with E-state index < -0.39 is 11.9 Å². The SMILES string of the molecule is CCCCCCCCCCCCCOC(=O)CC(=O)OC. The van der Waals surface area contributed by atoms with Gasteiger partial charge in [-0.15, -0.1) is 0 Å². The maximum atomic E-state index is 11.2. The highest BCUT2D eigenvalue weighted by Crippen LogP contribution is 2.11. The van der Waals surface area contributed by atoms with Crippen LogP contribution >= 0.6 is 0 Å². The number of rotatable bonds is 14. The van der Waals surface area contributed by atoms with Gasteiger partial charge in [-0.3, -0.25) is 9.59 Å². The Morgan fingerprint density at radius 3 is 1.67 bits per heavy atom. The van der Waals surface area contributed by atoms with Gasteiger partial charge in [0.05, 0.1) is 13.7 Å². The second kappa shape index (κ2) is 15.3. The van der Waals surface area contributed by atoms with Crippen LogP contribution in [0.1, 0.15) is 84.0 Å². The summed E-state index contributed by atoms with van der Waals surface area (Å²) in [6.07, 6.45) is 13.6. The summed E-state index contributed by atoms with van der Waals surface area (Å²) in [5.74, 6) is -1.03. The summed E-state index contributed by atoms with van der Waals surface area (Å²) in [4.78, 5) is 22.0. The van der Waals surface area contributed by atoms with Crippen molar-refractivity contribution in [3.8, 4) is 0 Å². The molecule has 0 aliphatic rings. The van der Waals surface area contributed by atoms with Crippen LogP contribution in [0.25, 0.3) is 0 Å². The fourth-order valence-electron chi connectivity index (χ4n) is 2.19. The minimum atomic E-state index is -0.543. The van der Waals surface area contributed by atoms with Crippen LogP contribution in [0.5, 0.6) is 0 Å². The lowest BCUT2D eigenvalue weighted by Gasteiger charge is -2.04. The van der Waals surface area contributed by atoms with Gasteiger partial charge in [0.2, 0.25) is 0 Å². The molecule has 0 aromatic carbocycles. The van der Waals surface area contributed by atoms with E-state index in [0.29, 0.717) is 6.61 Å². The Balaban J connectivity index is 3.15. The molecule has 0 bridgehead atoms. The largest absolute Gasteiger partial charge is 0.469 e. The Bertz CT molecular complexity index is 264. The van der Waals surface area contributed by atoms with Gasteiger partial charge in [0, 0.05) is 0 Å². The number of ether oxygens (including phenoxy) is 2. The average Bonchev–Trinajstić information content (AvgIpc) is 2.48. The topological polar surface area (TPSA) is 52.6 Å². The van der Waals surface area contributed by atoms with Gasteiger partial charge in [-0.25, -0.2) is 0 Å². The first-order valence-corrected chi connectivity index (χ1v) is 8.43. The summed E-state index contributed by atoms with van der Waals surface area (Å²) < 4.78 is 9.35. The molecule has 0 aliphatic heterocycles. The summed E-state index contributed by atoms with van der Waals surface area (Å²) in [5, 5.41) is 0. The van der Waals surface area contributed by atoms with Gasteiger partial charge in [0.15, 0.2) is 0 Å². The number of esters is 2. The van der Waals surface area contributed by atoms with Crippen molar-refractivity contribution in [3.05, 3.63) is 0 Å². The molecule has 124 valence electrons. The predicted octanol–water partition coefficient (Wildman–Crippen LogP) is 4.40. The molecule has 0 heterocycles. The molecule has 0 aliphatic carbocycles. The number of carbonyl (C=O) groups excluding carboxylic acids is 2. The van der Waals surface area contributed by atoms with Crippen LogP contribution in [0.4, 0.5) is 0 Å². The molecule has 0 radical (unpaired) electrons. The number of hydrogen-bond donors (Lipinski definition) is 0. The van der Waals surface area contributed by atoms with Crippen LogP contribution in [0, 0.1) is 0 Å². The van der Waals surface area contributed by atoms with Gasteiger partial charge in [-0.05, 0) is 6.42 Å². The Morgan fingerprint density at radius 1 is 0.714 bits per heavy atom. The second-order valence-electron chi connectivity index (χ2n) is 5.51. The van der Waals surface area contributed by atoms with Crippen LogP contribution in [0.2, 0.25) is 0 Å². The van der Waals surface area contributed by atoms with E-state index in [0.717, 1.165) is 12.8 Å². The molecule has 0 atom stereocenters. The van der Waals surface area contributed by atoms with Gasteiger partial charge in [0.25, 0.3) is 0 Å². The van der Waals surface area contributed by atoms with Crippen LogP contribution < -0.4 is 0 Å². The smallest absolute Gasteiger partial charge is 0.317 e. The van der Waals surface area contributed by atoms with E-state index in [1.54, 1.807) is 0 Å². The minimum absolute atomic E-state index is 0.283. The monoisotopic (exact) mass is 300 g/mol. The van der Waals surface area contributed by atoms with Gasteiger partial charge in [-0.2, -0.15) is 0 Å². The highest BCUT2D eigenvalue weighted by Gasteiger charge is 2.09. The number of carbonyl (C=O) groups is 2. The van der Waals surface area contributed by atoms with Crippen LogP contribution in [0.15, 0.2) is 0 Å². The van der Waals surface area contributed by atoms with E-state index in [1.165, 1.54) is 64.9 Å². The zero-order valence-corrected chi connectivity index (χ0v) is 13.8. The lowest BCUT2D eigenvalue weighted by Crippen LogP contribution is -2.12. The third-order valence-electron chi connectivity index (χ3n) is 3.53. The molecule has 0 aromatic heterocycles. The van der Waals surface area contributed by atoms with Crippen molar-refractivity contribution in [2.75, 3.05) is 13.7 Å². The minimum Gasteiger partial charge on any atom is -0.469 e. The van der Waals surface area contributed by atoms with Crippen molar-refractivity contribution in [1.82, 2.24) is 0 Å². The summed E-state index contributed by atoms with van der Waals surface area (Å²) >= 11 is 0. The standard InChI is InChI=1S/C17H32O4/c1-3-4-5-6-7-8-9-10-11-12-13-14-21-17(19)15-16(18)20-2/h3-15H2,1-2H3. The van der Waals surface area contributed by atoms with Crippen molar-refractivity contribution in [3.63, 3.8) is 0 Å². The summed E-state index contributed by atoms with van der Waals surface area (Å²) in [5.41, 5.74) is 0. The lowest BCUT2D eigenvalue weighted by atomic mass is 10.1. The Kier molecular flexibility index (Phi) is 14.6. The molecule has 0 fully saturated rings. The summed E-state index contributed by atoms with van der Waals surface area (Å²) in [7, 11) is 1.26. The third-order valence-corrected chi connectivity index (χ3v) is 3.53. The molecular formula is C17H32O4. The van der Waals surface area contributed by atoms with Gasteiger partial charge in [0.1, 0.15) is 6.42 Å². The molecule has 4 nitrogen and oxygen atoms in total. The maximum absolute atomic E-state index is 11.2. The van der Waals surface area contributed by atoms with Crippen molar-refractivity contribution >= 4 is 11.9 Å². The van der Waals surface area contributed by atoms with E-state index in [9.17, 15) is 9.59 Å². The fraction of sp³-hybridized carbons (Fsp3) is 0.882. The average molecular weight is 300 g/mol. The van der Waals surface area contributed by atoms with Crippen molar-refractivity contribution in [1.29, 1.82) is 0 Å². The Labute approximate surface area is 129 Å². The Morgan fingerprint density at radius 2 is 1.19 bits per heavy atom. The second-order valence-corrected chi connectivity index (χ2v) is 5.51. The number of methoxy groups -OCH3 is 1. The van der Waals surface area contributed by atoms with Crippen molar-refractivity contribution < 1.29 is 19.1 Å². The molecule has 0 rings (SSSR count). The molecule has 0 spiro atoms. The van der Waals surface area contributed by atoms with Gasteiger partial charge in [-0.1, -0.05) is 71.1 Å². The zero-order chi connectivity index (χ0) is 15.8. The molecule has 0 aromatic rings. The molecule has 21 heavy (non-hydrogen) atoms. The molecule has 0 saturated carbocycles. The van der Waals surface area contributed by atoms with Gasteiger partial charge >= 0.3 is 11.9 Å². The summed E-state index contributed by atoms with van der Waals surface area (Å²) in [6.45, 7) is 2.65. The van der Waals surface area contributed by atoms with Crippen molar-refractivity contribution in [2.24, 2.45) is 0 Å². The van der Waals surface area contributed by atoms with Crippen LogP contribution in [-0.4, -0.2) is 25.7 Å².